The molecule has 0 saturated carbocycles. The minimum absolute atomic E-state index is 0.0658. The molecule has 0 spiro atoms. The molecule has 0 atom stereocenters. The first-order chi connectivity index (χ1) is 9.49. The van der Waals surface area contributed by atoms with Crippen LogP contribution >= 0.6 is 11.6 Å². The lowest BCUT2D eigenvalue weighted by atomic mass is 10.0. The summed E-state index contributed by atoms with van der Waals surface area (Å²) in [5.74, 6) is 0.00306. The molecule has 0 aliphatic carbocycles. The quantitative estimate of drug-likeness (QED) is 0.909. The van der Waals surface area contributed by atoms with Gasteiger partial charge in [-0.1, -0.05) is 23.7 Å². The van der Waals surface area contributed by atoms with E-state index in [1.807, 2.05) is 13.0 Å². The normalized spacial score (nSPS) is 10.3. The molecular formula is C15H14ClNO3. The van der Waals surface area contributed by atoms with Gasteiger partial charge in [0.25, 0.3) is 0 Å². The third-order valence-electron chi connectivity index (χ3n) is 2.96. The van der Waals surface area contributed by atoms with Crippen molar-refractivity contribution >= 4 is 17.5 Å². The summed E-state index contributed by atoms with van der Waals surface area (Å²) in [6.07, 6.45) is 0. The van der Waals surface area contributed by atoms with Gasteiger partial charge in [-0.25, -0.2) is 0 Å². The van der Waals surface area contributed by atoms with E-state index in [0.717, 1.165) is 11.1 Å². The lowest BCUT2D eigenvalue weighted by molar-refractivity contribution is 0.0997. The highest BCUT2D eigenvalue weighted by Crippen LogP contribution is 2.29. The Morgan fingerprint density at radius 3 is 2.75 bits per heavy atom. The molecule has 0 aromatic heterocycles. The first-order valence-corrected chi connectivity index (χ1v) is 6.36. The molecule has 4 nitrogen and oxygen atoms in total. The zero-order chi connectivity index (χ0) is 14.7. The van der Waals surface area contributed by atoms with Gasteiger partial charge in [-0.15, -0.1) is 0 Å². The molecule has 1 amide bonds. The summed E-state index contributed by atoms with van der Waals surface area (Å²) in [5.41, 5.74) is 7.42. The van der Waals surface area contributed by atoms with Gasteiger partial charge in [0.2, 0.25) is 5.91 Å². The Balaban J connectivity index is 2.25. The predicted octanol–water partition coefficient (Wildman–Crippen LogP) is 3.03. The van der Waals surface area contributed by atoms with Gasteiger partial charge in [-0.3, -0.25) is 4.79 Å². The largest absolute Gasteiger partial charge is 0.508 e. The number of phenolic OH excluding ortho intramolecular Hbond substituents is 1. The van der Waals surface area contributed by atoms with E-state index in [0.29, 0.717) is 16.3 Å². The second kappa shape index (κ2) is 5.84. The number of aromatic hydroxyl groups is 1. The number of carbonyl (C=O) groups is 1. The van der Waals surface area contributed by atoms with Crippen LogP contribution in [-0.4, -0.2) is 11.0 Å². The van der Waals surface area contributed by atoms with Gasteiger partial charge in [0.1, 0.15) is 18.1 Å². The Morgan fingerprint density at radius 2 is 2.10 bits per heavy atom. The van der Waals surface area contributed by atoms with E-state index < -0.39 is 5.91 Å². The number of amides is 1. The third-order valence-corrected chi connectivity index (χ3v) is 3.26. The zero-order valence-electron chi connectivity index (χ0n) is 10.9. The highest BCUT2D eigenvalue weighted by atomic mass is 35.5. The van der Waals surface area contributed by atoms with Crippen molar-refractivity contribution in [3.8, 4) is 11.5 Å². The molecule has 0 saturated heterocycles. The van der Waals surface area contributed by atoms with Crippen LogP contribution in [0.1, 0.15) is 21.5 Å². The SMILES string of the molecule is Cc1cccc(C(N)=O)c1COc1ccc(O)cc1Cl. The minimum atomic E-state index is -0.496. The van der Waals surface area contributed by atoms with Crippen LogP contribution in [0.4, 0.5) is 0 Å². The van der Waals surface area contributed by atoms with Crippen molar-refractivity contribution < 1.29 is 14.6 Å². The molecule has 2 aromatic rings. The van der Waals surface area contributed by atoms with Gasteiger partial charge in [0, 0.05) is 17.2 Å². The first-order valence-electron chi connectivity index (χ1n) is 5.98. The van der Waals surface area contributed by atoms with Crippen LogP contribution in [0.5, 0.6) is 11.5 Å². The number of carbonyl (C=O) groups excluding carboxylic acids is 1. The fourth-order valence-corrected chi connectivity index (χ4v) is 2.11. The molecule has 0 bridgehead atoms. The molecule has 2 rings (SSSR count). The maximum atomic E-state index is 11.4. The van der Waals surface area contributed by atoms with Crippen molar-refractivity contribution in [2.45, 2.75) is 13.5 Å². The molecule has 0 aliphatic rings. The maximum absolute atomic E-state index is 11.4. The summed E-state index contributed by atoms with van der Waals surface area (Å²) >= 11 is 5.96. The molecule has 0 aliphatic heterocycles. The van der Waals surface area contributed by atoms with Gasteiger partial charge < -0.3 is 15.6 Å². The van der Waals surface area contributed by atoms with Crippen molar-refractivity contribution in [3.63, 3.8) is 0 Å². The lowest BCUT2D eigenvalue weighted by Crippen LogP contribution is -2.15. The molecule has 0 radical (unpaired) electrons. The standard InChI is InChI=1S/C15H14ClNO3/c1-9-3-2-4-11(15(17)19)12(9)8-20-14-6-5-10(18)7-13(14)16/h2-7,18H,8H2,1H3,(H2,17,19). The fourth-order valence-electron chi connectivity index (χ4n) is 1.88. The van der Waals surface area contributed by atoms with E-state index in [1.165, 1.54) is 12.1 Å². The van der Waals surface area contributed by atoms with Gasteiger partial charge in [-0.05, 0) is 30.7 Å². The molecule has 104 valence electrons. The number of benzene rings is 2. The Bertz CT molecular complexity index is 656. The van der Waals surface area contributed by atoms with Crippen LogP contribution < -0.4 is 10.5 Å². The van der Waals surface area contributed by atoms with Crippen LogP contribution in [0.15, 0.2) is 36.4 Å². The summed E-state index contributed by atoms with van der Waals surface area (Å²) in [6.45, 7) is 2.05. The summed E-state index contributed by atoms with van der Waals surface area (Å²) < 4.78 is 5.60. The van der Waals surface area contributed by atoms with Gasteiger partial charge in [0.05, 0.1) is 5.02 Å². The second-order valence-corrected chi connectivity index (χ2v) is 4.78. The summed E-state index contributed by atoms with van der Waals surface area (Å²) in [5, 5.41) is 9.59. The third kappa shape index (κ3) is 3.03. The number of hydrogen-bond acceptors (Lipinski definition) is 3. The average Bonchev–Trinajstić information content (AvgIpc) is 2.38. The number of hydrogen-bond donors (Lipinski definition) is 2. The van der Waals surface area contributed by atoms with Gasteiger partial charge in [0.15, 0.2) is 0 Å². The summed E-state index contributed by atoms with van der Waals surface area (Å²) in [7, 11) is 0. The molecular weight excluding hydrogens is 278 g/mol. The molecule has 3 N–H and O–H groups in total. The molecule has 5 heteroatoms. The van der Waals surface area contributed by atoms with Crippen molar-refractivity contribution in [1.29, 1.82) is 0 Å². The fraction of sp³-hybridized carbons (Fsp3) is 0.133. The zero-order valence-corrected chi connectivity index (χ0v) is 11.6. The van der Waals surface area contributed by atoms with E-state index in [1.54, 1.807) is 18.2 Å². The molecule has 2 aromatic carbocycles. The molecule has 0 fully saturated rings. The number of halogens is 1. The number of primary amides is 1. The minimum Gasteiger partial charge on any atom is -0.508 e. The number of aryl methyl sites for hydroxylation is 1. The van der Waals surface area contributed by atoms with Crippen LogP contribution in [0.2, 0.25) is 5.02 Å². The summed E-state index contributed by atoms with van der Waals surface area (Å²) in [4.78, 5) is 11.4. The Kier molecular flexibility index (Phi) is 4.15. The van der Waals surface area contributed by atoms with E-state index in [9.17, 15) is 9.90 Å². The van der Waals surface area contributed by atoms with E-state index in [-0.39, 0.29) is 12.4 Å². The van der Waals surface area contributed by atoms with Crippen LogP contribution in [0.3, 0.4) is 0 Å². The van der Waals surface area contributed by atoms with E-state index in [4.69, 9.17) is 22.1 Å². The van der Waals surface area contributed by atoms with Crippen molar-refractivity contribution in [3.05, 3.63) is 58.1 Å². The number of phenols is 1. The Morgan fingerprint density at radius 1 is 1.35 bits per heavy atom. The Hall–Kier alpha value is -2.20. The first kappa shape index (κ1) is 14.2. The Labute approximate surface area is 121 Å². The highest BCUT2D eigenvalue weighted by Gasteiger charge is 2.12. The van der Waals surface area contributed by atoms with Gasteiger partial charge >= 0.3 is 0 Å². The number of nitrogens with two attached hydrogens (primary N) is 1. The molecule has 0 heterocycles. The molecule has 0 unspecified atom stereocenters. The van der Waals surface area contributed by atoms with Crippen LogP contribution in [0, 0.1) is 6.92 Å². The van der Waals surface area contributed by atoms with E-state index in [2.05, 4.69) is 0 Å². The van der Waals surface area contributed by atoms with Crippen LogP contribution in [0.25, 0.3) is 0 Å². The predicted molar refractivity (Wildman–Crippen MR) is 77.1 cm³/mol. The lowest BCUT2D eigenvalue weighted by Gasteiger charge is -2.13. The highest BCUT2D eigenvalue weighted by molar-refractivity contribution is 6.32. The number of ether oxygens (including phenoxy) is 1. The number of rotatable bonds is 4. The van der Waals surface area contributed by atoms with Gasteiger partial charge in [-0.2, -0.15) is 0 Å². The summed E-state index contributed by atoms with van der Waals surface area (Å²) in [6, 6.07) is 9.75. The maximum Gasteiger partial charge on any atom is 0.249 e. The van der Waals surface area contributed by atoms with Crippen molar-refractivity contribution in [2.75, 3.05) is 0 Å². The molecule has 20 heavy (non-hydrogen) atoms. The van der Waals surface area contributed by atoms with E-state index >= 15 is 0 Å². The van der Waals surface area contributed by atoms with Crippen molar-refractivity contribution in [2.24, 2.45) is 5.73 Å². The van der Waals surface area contributed by atoms with Crippen LogP contribution in [-0.2, 0) is 6.61 Å². The topological polar surface area (TPSA) is 72.6 Å². The van der Waals surface area contributed by atoms with Crippen molar-refractivity contribution in [1.82, 2.24) is 0 Å². The smallest absolute Gasteiger partial charge is 0.249 e. The monoisotopic (exact) mass is 291 g/mol. The average molecular weight is 292 g/mol. The second-order valence-electron chi connectivity index (χ2n) is 4.37.